The van der Waals surface area contributed by atoms with Gasteiger partial charge in [0.05, 0.1) is 22.6 Å². The zero-order valence-corrected chi connectivity index (χ0v) is 8.16. The molecule has 0 saturated heterocycles. The number of fused-ring (bicyclic) bond motifs is 2. The van der Waals surface area contributed by atoms with Crippen LogP contribution < -0.4 is 5.56 Å². The second-order valence-electron chi connectivity index (χ2n) is 3.29. The van der Waals surface area contributed by atoms with Crippen molar-refractivity contribution in [1.29, 1.82) is 0 Å². The molecule has 3 rings (SSSR count). The van der Waals surface area contributed by atoms with Gasteiger partial charge in [-0.2, -0.15) is 5.10 Å². The van der Waals surface area contributed by atoms with Crippen molar-refractivity contribution in [3.8, 4) is 0 Å². The summed E-state index contributed by atoms with van der Waals surface area (Å²) in [5.41, 5.74) is 1.18. The summed E-state index contributed by atoms with van der Waals surface area (Å²) in [6, 6.07) is 8.76. The van der Waals surface area contributed by atoms with Crippen molar-refractivity contribution in [3.63, 3.8) is 0 Å². The molecule has 5 heteroatoms. The van der Waals surface area contributed by atoms with E-state index in [4.69, 9.17) is 0 Å². The first-order chi connectivity index (χ1) is 7.84. The molecule has 0 saturated carbocycles. The summed E-state index contributed by atoms with van der Waals surface area (Å²) in [6.07, 6.45) is 1.46. The lowest BCUT2D eigenvalue weighted by Gasteiger charge is -1.87. The maximum atomic E-state index is 11.8. The molecule has 0 atom stereocenters. The van der Waals surface area contributed by atoms with Crippen LogP contribution in [0.5, 0.6) is 0 Å². The van der Waals surface area contributed by atoms with Crippen LogP contribution in [0.1, 0.15) is 0 Å². The molecule has 0 N–H and O–H groups in total. The van der Waals surface area contributed by atoms with Crippen LogP contribution in [0.4, 0.5) is 0 Å². The molecule has 0 spiro atoms. The van der Waals surface area contributed by atoms with Crippen LogP contribution >= 0.6 is 0 Å². The van der Waals surface area contributed by atoms with E-state index in [1.165, 1.54) is 6.20 Å². The summed E-state index contributed by atoms with van der Waals surface area (Å²) in [5.74, 6) is 0. The Balaban J connectivity index is 2.65. The normalized spacial score (nSPS) is 10.8. The summed E-state index contributed by atoms with van der Waals surface area (Å²) in [7, 11) is 0. The van der Waals surface area contributed by atoms with E-state index in [0.717, 1.165) is 0 Å². The molecular weight excluding hydrogens is 204 g/mol. The van der Waals surface area contributed by atoms with Crippen LogP contribution in [0.15, 0.2) is 41.3 Å². The maximum Gasteiger partial charge on any atom is 0.281 e. The smallest absolute Gasteiger partial charge is 0.267 e. The van der Waals surface area contributed by atoms with E-state index in [1.807, 2.05) is 12.1 Å². The minimum atomic E-state index is -0.335. The lowest BCUT2D eigenvalue weighted by atomic mass is 10.3. The van der Waals surface area contributed by atoms with Crippen LogP contribution in [0.25, 0.3) is 22.1 Å². The number of hydrogen-bond acceptors (Lipinski definition) is 5. The fourth-order valence-corrected chi connectivity index (χ4v) is 1.51. The largest absolute Gasteiger partial charge is 0.281 e. The summed E-state index contributed by atoms with van der Waals surface area (Å²) in [6.45, 7) is 0. The number of hydrogen-bond donors (Lipinski definition) is 0. The predicted octanol–water partition coefficient (Wildman–Crippen LogP) is 0.933. The lowest BCUT2D eigenvalue weighted by molar-refractivity contribution is 1.06. The molecule has 76 valence electrons. The van der Waals surface area contributed by atoms with Gasteiger partial charge in [0.1, 0.15) is 0 Å². The van der Waals surface area contributed by atoms with Gasteiger partial charge in [-0.3, -0.25) is 4.79 Å². The molecular formula is C11H6N4O. The fourth-order valence-electron chi connectivity index (χ4n) is 1.51. The van der Waals surface area contributed by atoms with Crippen molar-refractivity contribution < 1.29 is 0 Å². The van der Waals surface area contributed by atoms with Gasteiger partial charge >= 0.3 is 0 Å². The summed E-state index contributed by atoms with van der Waals surface area (Å²) in [5, 5.41) is 7.92. The van der Waals surface area contributed by atoms with Crippen molar-refractivity contribution in [2.45, 2.75) is 0 Å². The minimum absolute atomic E-state index is 0.321. The molecule has 16 heavy (non-hydrogen) atoms. The monoisotopic (exact) mass is 210 g/mol. The first-order valence-electron chi connectivity index (χ1n) is 4.73. The minimum Gasteiger partial charge on any atom is -0.267 e. The van der Waals surface area contributed by atoms with E-state index in [1.54, 1.807) is 18.2 Å². The SMILES string of the molecule is O=c1nc2ccccc2nc2nnccc12. The van der Waals surface area contributed by atoms with E-state index in [2.05, 4.69) is 20.2 Å². The Morgan fingerprint density at radius 1 is 0.938 bits per heavy atom. The summed E-state index contributed by atoms with van der Waals surface area (Å²) >= 11 is 0. The van der Waals surface area contributed by atoms with Crippen LogP contribution in [-0.2, 0) is 0 Å². The van der Waals surface area contributed by atoms with Gasteiger partial charge in [-0.1, -0.05) is 12.1 Å². The number of benzene rings is 1. The molecule has 0 fully saturated rings. The summed E-state index contributed by atoms with van der Waals surface area (Å²) < 4.78 is 0. The molecule has 0 radical (unpaired) electrons. The predicted molar refractivity (Wildman–Crippen MR) is 58.9 cm³/mol. The number of aromatic nitrogens is 4. The first kappa shape index (κ1) is 8.84. The van der Waals surface area contributed by atoms with Gasteiger partial charge < -0.3 is 0 Å². The van der Waals surface area contributed by atoms with Crippen LogP contribution in [0, 0.1) is 0 Å². The molecule has 0 aliphatic carbocycles. The van der Waals surface area contributed by atoms with Gasteiger partial charge in [-0.05, 0) is 18.2 Å². The standard InChI is InChI=1S/C11H6N4O/c16-11-7-5-6-12-15-10(7)13-8-3-1-2-4-9(8)14-11/h1-6H. The van der Waals surface area contributed by atoms with Crippen molar-refractivity contribution >= 4 is 22.1 Å². The second-order valence-corrected chi connectivity index (χ2v) is 3.29. The van der Waals surface area contributed by atoms with E-state index < -0.39 is 0 Å². The average molecular weight is 210 g/mol. The van der Waals surface area contributed by atoms with Gasteiger partial charge in [0.15, 0.2) is 5.65 Å². The average Bonchev–Trinajstić information content (AvgIpc) is 2.45. The highest BCUT2D eigenvalue weighted by atomic mass is 16.1. The number of rotatable bonds is 0. The van der Waals surface area contributed by atoms with Crippen LogP contribution in [-0.4, -0.2) is 20.2 Å². The summed E-state index contributed by atoms with van der Waals surface area (Å²) in [4.78, 5) is 20.0. The quantitative estimate of drug-likeness (QED) is 0.552. The highest BCUT2D eigenvalue weighted by Crippen LogP contribution is 2.07. The Kier molecular flexibility index (Phi) is 1.83. The lowest BCUT2D eigenvalue weighted by Crippen LogP contribution is -2.02. The second kappa shape index (κ2) is 3.30. The molecule has 2 aromatic heterocycles. The number of nitrogens with zero attached hydrogens (tertiary/aromatic N) is 4. The van der Waals surface area contributed by atoms with Crippen LogP contribution in [0.2, 0.25) is 0 Å². The Hall–Kier alpha value is -2.43. The van der Waals surface area contributed by atoms with E-state index in [9.17, 15) is 4.79 Å². The van der Waals surface area contributed by atoms with E-state index >= 15 is 0 Å². The highest BCUT2D eigenvalue weighted by Gasteiger charge is 2.02. The Morgan fingerprint density at radius 2 is 1.69 bits per heavy atom. The highest BCUT2D eigenvalue weighted by molar-refractivity contribution is 5.81. The molecule has 0 aliphatic heterocycles. The molecule has 5 nitrogen and oxygen atoms in total. The Labute approximate surface area is 89.8 Å². The van der Waals surface area contributed by atoms with Gasteiger partial charge in [-0.25, -0.2) is 9.97 Å². The van der Waals surface area contributed by atoms with E-state index in [-0.39, 0.29) is 5.56 Å². The van der Waals surface area contributed by atoms with Crippen molar-refractivity contribution in [2.75, 3.05) is 0 Å². The maximum absolute atomic E-state index is 11.8. The van der Waals surface area contributed by atoms with Crippen molar-refractivity contribution in [3.05, 3.63) is 46.9 Å². The molecule has 0 amide bonds. The third-order valence-corrected chi connectivity index (χ3v) is 2.26. The van der Waals surface area contributed by atoms with Gasteiger partial charge in [0, 0.05) is 0 Å². The van der Waals surface area contributed by atoms with E-state index in [0.29, 0.717) is 22.1 Å². The Morgan fingerprint density at radius 3 is 2.50 bits per heavy atom. The Bertz CT molecular complexity index is 742. The van der Waals surface area contributed by atoms with Gasteiger partial charge in [0.2, 0.25) is 0 Å². The molecule has 0 bridgehead atoms. The third kappa shape index (κ3) is 1.30. The topological polar surface area (TPSA) is 68.6 Å². The molecule has 2 heterocycles. The zero-order chi connectivity index (χ0) is 11.0. The van der Waals surface area contributed by atoms with Gasteiger partial charge in [0.25, 0.3) is 5.56 Å². The molecule has 0 aliphatic rings. The molecule has 0 unspecified atom stereocenters. The fraction of sp³-hybridized carbons (Fsp3) is 0. The third-order valence-electron chi connectivity index (χ3n) is 2.26. The molecule has 3 aromatic rings. The first-order valence-corrected chi connectivity index (χ1v) is 4.73. The zero-order valence-electron chi connectivity index (χ0n) is 8.16. The molecule has 1 aromatic carbocycles. The number of para-hydroxylation sites is 2. The van der Waals surface area contributed by atoms with Gasteiger partial charge in [-0.15, -0.1) is 5.10 Å². The van der Waals surface area contributed by atoms with Crippen molar-refractivity contribution in [1.82, 2.24) is 20.2 Å². The van der Waals surface area contributed by atoms with Crippen LogP contribution in [0.3, 0.4) is 0 Å². The van der Waals surface area contributed by atoms with Crippen molar-refractivity contribution in [2.24, 2.45) is 0 Å².